The first kappa shape index (κ1) is 7.34. The molecular formula is C10H17NO. The Morgan fingerprint density at radius 1 is 1.50 bits per heavy atom. The Balaban J connectivity index is 1.96. The highest BCUT2D eigenvalue weighted by Crippen LogP contribution is 2.56. The second-order valence-electron chi connectivity index (χ2n) is 4.65. The van der Waals surface area contributed by atoms with Crippen molar-refractivity contribution in [3.8, 4) is 0 Å². The van der Waals surface area contributed by atoms with E-state index in [1.54, 1.807) is 0 Å². The van der Waals surface area contributed by atoms with E-state index in [-0.39, 0.29) is 0 Å². The smallest absolute Gasteiger partial charge is 0.0729 e. The van der Waals surface area contributed by atoms with Crippen molar-refractivity contribution in [2.75, 3.05) is 13.2 Å². The van der Waals surface area contributed by atoms with Crippen LogP contribution in [0.4, 0.5) is 0 Å². The lowest BCUT2D eigenvalue weighted by atomic mass is 9.79. The van der Waals surface area contributed by atoms with Gasteiger partial charge in [-0.2, -0.15) is 5.06 Å². The molecular weight excluding hydrogens is 150 g/mol. The zero-order chi connectivity index (χ0) is 8.18. The molecule has 0 N–H and O–H groups in total. The van der Waals surface area contributed by atoms with Gasteiger partial charge in [-0.15, -0.1) is 0 Å². The Hall–Kier alpha value is -0.0800. The van der Waals surface area contributed by atoms with Crippen LogP contribution >= 0.6 is 0 Å². The molecule has 3 rings (SSSR count). The summed E-state index contributed by atoms with van der Waals surface area (Å²) in [5.74, 6) is 0.868. The van der Waals surface area contributed by atoms with Gasteiger partial charge in [0.25, 0.3) is 0 Å². The summed E-state index contributed by atoms with van der Waals surface area (Å²) in [6, 6.07) is 0.794. The van der Waals surface area contributed by atoms with Gasteiger partial charge in [0, 0.05) is 18.5 Å². The quantitative estimate of drug-likeness (QED) is 0.590. The maximum Gasteiger partial charge on any atom is 0.0729 e. The third kappa shape index (κ3) is 0.686. The van der Waals surface area contributed by atoms with E-state index in [0.717, 1.165) is 18.6 Å². The monoisotopic (exact) mass is 167 g/mol. The molecule has 1 saturated carbocycles. The Labute approximate surface area is 73.8 Å². The summed E-state index contributed by atoms with van der Waals surface area (Å²) in [7, 11) is 0. The summed E-state index contributed by atoms with van der Waals surface area (Å²) in [5, 5.41) is 2.28. The molecule has 3 aliphatic rings. The highest BCUT2D eigenvalue weighted by atomic mass is 16.7. The van der Waals surface area contributed by atoms with Crippen LogP contribution in [0, 0.1) is 11.3 Å². The van der Waals surface area contributed by atoms with Gasteiger partial charge in [0.2, 0.25) is 0 Å². The van der Waals surface area contributed by atoms with Crippen LogP contribution in [0.3, 0.4) is 0 Å². The summed E-state index contributed by atoms with van der Waals surface area (Å²) in [4.78, 5) is 5.67. The van der Waals surface area contributed by atoms with Crippen molar-refractivity contribution in [2.45, 2.75) is 38.6 Å². The zero-order valence-corrected chi connectivity index (χ0v) is 7.75. The van der Waals surface area contributed by atoms with E-state index in [4.69, 9.17) is 4.84 Å². The molecule has 3 atom stereocenters. The lowest BCUT2D eigenvalue weighted by Crippen LogP contribution is -2.32. The largest absolute Gasteiger partial charge is 0.298 e. The van der Waals surface area contributed by atoms with Crippen molar-refractivity contribution in [1.29, 1.82) is 0 Å². The average molecular weight is 167 g/mol. The maximum absolute atomic E-state index is 5.67. The molecule has 0 aromatic carbocycles. The predicted molar refractivity (Wildman–Crippen MR) is 46.5 cm³/mol. The van der Waals surface area contributed by atoms with E-state index in [2.05, 4.69) is 12.0 Å². The van der Waals surface area contributed by atoms with Crippen LogP contribution < -0.4 is 0 Å². The third-order valence-corrected chi connectivity index (χ3v) is 4.39. The Morgan fingerprint density at radius 3 is 3.25 bits per heavy atom. The highest BCUT2D eigenvalue weighted by molar-refractivity contribution is 5.06. The molecule has 2 aliphatic heterocycles. The van der Waals surface area contributed by atoms with Crippen molar-refractivity contribution in [3.63, 3.8) is 0 Å². The second-order valence-corrected chi connectivity index (χ2v) is 4.65. The standard InChI is InChI=1S/C10H17NO/c1-2-10-4-3-8-7-12-11(6-5-10)9(8)10/h8-9H,2-7H2,1H3/t8-,9+,10+/m1/s1. The van der Waals surface area contributed by atoms with Crippen molar-refractivity contribution < 1.29 is 4.84 Å². The molecule has 0 amide bonds. The van der Waals surface area contributed by atoms with Crippen LogP contribution in [0.1, 0.15) is 32.6 Å². The predicted octanol–water partition coefficient (Wildman–Crippen LogP) is 1.81. The van der Waals surface area contributed by atoms with Crippen LogP contribution in [0.15, 0.2) is 0 Å². The molecule has 0 radical (unpaired) electrons. The number of nitrogens with zero attached hydrogens (tertiary/aromatic N) is 1. The van der Waals surface area contributed by atoms with E-state index in [0.29, 0.717) is 5.41 Å². The first-order valence-electron chi connectivity index (χ1n) is 5.25. The summed E-state index contributed by atoms with van der Waals surface area (Å²) in [5.41, 5.74) is 0.654. The summed E-state index contributed by atoms with van der Waals surface area (Å²) >= 11 is 0. The van der Waals surface area contributed by atoms with Crippen LogP contribution in [-0.4, -0.2) is 24.3 Å². The van der Waals surface area contributed by atoms with Gasteiger partial charge < -0.3 is 0 Å². The van der Waals surface area contributed by atoms with Gasteiger partial charge in [-0.1, -0.05) is 6.92 Å². The van der Waals surface area contributed by atoms with Crippen molar-refractivity contribution in [2.24, 2.45) is 11.3 Å². The number of hydroxylamine groups is 2. The van der Waals surface area contributed by atoms with Gasteiger partial charge in [-0.3, -0.25) is 4.84 Å². The summed E-state index contributed by atoms with van der Waals surface area (Å²) in [6.07, 6.45) is 5.60. The molecule has 2 saturated heterocycles. The van der Waals surface area contributed by atoms with Crippen LogP contribution in [0.25, 0.3) is 0 Å². The lowest BCUT2D eigenvalue weighted by molar-refractivity contribution is -0.121. The van der Waals surface area contributed by atoms with E-state index < -0.39 is 0 Å². The van der Waals surface area contributed by atoms with Crippen molar-refractivity contribution in [1.82, 2.24) is 5.06 Å². The minimum atomic E-state index is 0.654. The SMILES string of the molecule is CC[C@]12CC[C@@H]3CON(CC1)[C@@H]32. The molecule has 1 aliphatic carbocycles. The molecule has 12 heavy (non-hydrogen) atoms. The molecule has 3 fully saturated rings. The van der Waals surface area contributed by atoms with Crippen LogP contribution in [-0.2, 0) is 4.84 Å². The topological polar surface area (TPSA) is 12.5 Å². The molecule has 2 heteroatoms. The van der Waals surface area contributed by atoms with Crippen LogP contribution in [0.2, 0.25) is 0 Å². The third-order valence-electron chi connectivity index (χ3n) is 4.39. The highest BCUT2D eigenvalue weighted by Gasteiger charge is 2.57. The maximum atomic E-state index is 5.67. The van der Waals surface area contributed by atoms with Gasteiger partial charge in [-0.25, -0.2) is 0 Å². The van der Waals surface area contributed by atoms with Gasteiger partial charge in [0.1, 0.15) is 0 Å². The molecule has 68 valence electrons. The van der Waals surface area contributed by atoms with Gasteiger partial charge in [0.05, 0.1) is 6.61 Å². The summed E-state index contributed by atoms with van der Waals surface area (Å²) < 4.78 is 0. The van der Waals surface area contributed by atoms with Crippen LogP contribution in [0.5, 0.6) is 0 Å². The molecule has 0 aromatic heterocycles. The number of hydrogen-bond donors (Lipinski definition) is 0. The molecule has 2 heterocycles. The van der Waals surface area contributed by atoms with E-state index in [1.165, 1.54) is 32.2 Å². The fourth-order valence-electron chi connectivity index (χ4n) is 3.64. The Kier molecular flexibility index (Phi) is 1.37. The zero-order valence-electron chi connectivity index (χ0n) is 7.75. The van der Waals surface area contributed by atoms with Crippen molar-refractivity contribution in [3.05, 3.63) is 0 Å². The molecule has 2 nitrogen and oxygen atoms in total. The van der Waals surface area contributed by atoms with Crippen molar-refractivity contribution >= 4 is 0 Å². The average Bonchev–Trinajstić information content (AvgIpc) is 2.73. The fraction of sp³-hybridized carbons (Fsp3) is 1.00. The van der Waals surface area contributed by atoms with Gasteiger partial charge in [-0.05, 0) is 31.1 Å². The van der Waals surface area contributed by atoms with E-state index >= 15 is 0 Å². The molecule has 0 aromatic rings. The lowest BCUT2D eigenvalue weighted by Gasteiger charge is -2.28. The number of hydrogen-bond acceptors (Lipinski definition) is 2. The van der Waals surface area contributed by atoms with Gasteiger partial charge in [0.15, 0.2) is 0 Å². The fourth-order valence-corrected chi connectivity index (χ4v) is 3.64. The van der Waals surface area contributed by atoms with E-state index in [9.17, 15) is 0 Å². The number of rotatable bonds is 1. The normalized spacial score (nSPS) is 51.8. The Bertz CT molecular complexity index is 188. The molecule has 0 spiro atoms. The minimum Gasteiger partial charge on any atom is -0.298 e. The first-order chi connectivity index (χ1) is 5.86. The first-order valence-corrected chi connectivity index (χ1v) is 5.25. The summed E-state index contributed by atoms with van der Waals surface area (Å²) in [6.45, 7) is 4.55. The molecule has 0 unspecified atom stereocenters. The van der Waals surface area contributed by atoms with E-state index in [1.807, 2.05) is 0 Å². The second kappa shape index (κ2) is 2.24. The Morgan fingerprint density at radius 2 is 2.42 bits per heavy atom. The van der Waals surface area contributed by atoms with Gasteiger partial charge >= 0.3 is 0 Å². The minimum absolute atomic E-state index is 0.654. The molecule has 0 bridgehead atoms.